The van der Waals surface area contributed by atoms with Crippen LogP contribution in [0.25, 0.3) is 35.2 Å². The van der Waals surface area contributed by atoms with Gasteiger partial charge in [0.1, 0.15) is 11.5 Å². The van der Waals surface area contributed by atoms with Crippen molar-refractivity contribution in [3.8, 4) is 16.8 Å². The molecule has 0 atom stereocenters. The van der Waals surface area contributed by atoms with Crippen molar-refractivity contribution in [1.82, 2.24) is 19.7 Å². The highest BCUT2D eigenvalue weighted by Crippen LogP contribution is 2.36. The van der Waals surface area contributed by atoms with Crippen molar-refractivity contribution in [2.75, 3.05) is 7.11 Å². The molecule has 5 heteroatoms. The van der Waals surface area contributed by atoms with Gasteiger partial charge in [-0.2, -0.15) is 5.10 Å². The van der Waals surface area contributed by atoms with Gasteiger partial charge in [0.15, 0.2) is 0 Å². The lowest BCUT2D eigenvalue weighted by Gasteiger charge is -2.31. The number of nitrogens with zero attached hydrogens (tertiary/aromatic N) is 4. The summed E-state index contributed by atoms with van der Waals surface area (Å²) in [6.45, 7) is 7.29. The first-order valence-electron chi connectivity index (χ1n) is 12.2. The molecule has 178 valence electrons. The number of allylic oxidation sites excluding steroid dienone is 3. The highest BCUT2D eigenvalue weighted by molar-refractivity contribution is 5.83. The molecule has 0 N–H and O–H groups in total. The third-order valence-corrected chi connectivity index (χ3v) is 6.99. The van der Waals surface area contributed by atoms with Gasteiger partial charge in [-0.3, -0.25) is 4.98 Å². The van der Waals surface area contributed by atoms with E-state index in [1.165, 1.54) is 5.56 Å². The maximum Gasteiger partial charge on any atom is 0.108 e. The van der Waals surface area contributed by atoms with Crippen LogP contribution in [0.4, 0.5) is 0 Å². The van der Waals surface area contributed by atoms with Gasteiger partial charge in [-0.1, -0.05) is 61.2 Å². The quantitative estimate of drug-likeness (QED) is 0.413. The minimum atomic E-state index is 0.744. The molecule has 1 aliphatic heterocycles. The lowest BCUT2D eigenvalue weighted by Crippen LogP contribution is -2.36. The largest absolute Gasteiger partial charge is 0.500 e. The highest BCUT2D eigenvalue weighted by Gasteiger charge is 2.30. The molecule has 5 nitrogen and oxygen atoms in total. The average Bonchev–Trinajstić information content (AvgIpc) is 3.25. The predicted octanol–water partition coefficient (Wildman–Crippen LogP) is 4.94. The summed E-state index contributed by atoms with van der Waals surface area (Å²) in [7, 11) is 1.76. The molecule has 2 aromatic carbocycles. The predicted molar refractivity (Wildman–Crippen MR) is 144 cm³/mol. The summed E-state index contributed by atoms with van der Waals surface area (Å²) in [6, 6.07) is 21.0. The Morgan fingerprint density at radius 3 is 2.58 bits per heavy atom. The Kier molecular flexibility index (Phi) is 5.53. The van der Waals surface area contributed by atoms with Crippen molar-refractivity contribution < 1.29 is 4.74 Å². The first-order valence-corrected chi connectivity index (χ1v) is 12.2. The van der Waals surface area contributed by atoms with Crippen LogP contribution in [0.1, 0.15) is 29.7 Å². The van der Waals surface area contributed by atoms with Crippen molar-refractivity contribution in [3.63, 3.8) is 0 Å². The fraction of sp³-hybridized carbons (Fsp3) is 0.161. The maximum atomic E-state index is 5.88. The third kappa shape index (κ3) is 3.73. The molecule has 2 aromatic heterocycles. The standard InChI is InChI=1S/C31H28N4O/c1-21-8-4-5-10-27(21)35-22(2)26-20-34(28-11-6-12-29(36-3)30(28)31(26)33-35)19-23-13-15-24(16-14-23)25-9-7-17-32-18-25/h4-5,7-11,13-18,20H,2,6,12,19H2,1,3H3. The van der Waals surface area contributed by atoms with Crippen molar-refractivity contribution in [3.05, 3.63) is 118 Å². The molecule has 0 saturated heterocycles. The SMILES string of the molecule is C=c1c2c(nn1-c1ccccc1C)C1=C(OC)CCC=C1N(Cc1ccc(-c3cccnc3)cc1)C=2. The molecule has 3 heterocycles. The lowest BCUT2D eigenvalue weighted by atomic mass is 9.94. The second kappa shape index (κ2) is 9.00. The molecule has 6 rings (SSSR count). The molecule has 2 aliphatic rings. The van der Waals surface area contributed by atoms with Crippen LogP contribution >= 0.6 is 0 Å². The average molecular weight is 473 g/mol. The van der Waals surface area contributed by atoms with Crippen LogP contribution < -0.4 is 10.6 Å². The van der Waals surface area contributed by atoms with Crippen LogP contribution in [0.3, 0.4) is 0 Å². The summed E-state index contributed by atoms with van der Waals surface area (Å²) in [5.41, 5.74) is 8.88. The number of pyridine rings is 1. The van der Waals surface area contributed by atoms with E-state index in [0.717, 1.165) is 75.1 Å². The molecular formula is C31H28N4O. The molecule has 0 radical (unpaired) electrons. The third-order valence-electron chi connectivity index (χ3n) is 6.99. The van der Waals surface area contributed by atoms with E-state index in [9.17, 15) is 0 Å². The molecule has 0 unspecified atom stereocenters. The molecule has 0 bridgehead atoms. The zero-order valence-corrected chi connectivity index (χ0v) is 20.6. The summed E-state index contributed by atoms with van der Waals surface area (Å²) in [5.74, 6) is 0.980. The summed E-state index contributed by atoms with van der Waals surface area (Å²) in [6.07, 6.45) is 10.0. The van der Waals surface area contributed by atoms with Crippen molar-refractivity contribution in [1.29, 1.82) is 0 Å². The lowest BCUT2D eigenvalue weighted by molar-refractivity contribution is 0.276. The van der Waals surface area contributed by atoms with E-state index in [2.05, 4.69) is 78.1 Å². The normalized spacial score (nSPS) is 14.6. The number of fused-ring (bicyclic) bond motifs is 3. The van der Waals surface area contributed by atoms with Gasteiger partial charge in [0.05, 0.1) is 23.7 Å². The molecule has 0 amide bonds. The van der Waals surface area contributed by atoms with E-state index in [-0.39, 0.29) is 0 Å². The number of benzene rings is 2. The van der Waals surface area contributed by atoms with Gasteiger partial charge in [-0.25, -0.2) is 4.68 Å². The number of para-hydroxylation sites is 1. The second-order valence-electron chi connectivity index (χ2n) is 9.23. The number of rotatable bonds is 5. The van der Waals surface area contributed by atoms with Gasteiger partial charge in [0, 0.05) is 42.5 Å². The minimum absolute atomic E-state index is 0.744. The number of hydrogen-bond donors (Lipinski definition) is 0. The van der Waals surface area contributed by atoms with E-state index >= 15 is 0 Å². The Labute approximate surface area is 211 Å². The van der Waals surface area contributed by atoms with Crippen LogP contribution in [0.5, 0.6) is 0 Å². The first kappa shape index (κ1) is 22.1. The Morgan fingerprint density at radius 2 is 1.83 bits per heavy atom. The zero-order chi connectivity index (χ0) is 24.6. The van der Waals surface area contributed by atoms with Crippen molar-refractivity contribution >= 4 is 18.4 Å². The Hall–Kier alpha value is -4.38. The Bertz CT molecular complexity index is 1610. The molecule has 0 spiro atoms. The van der Waals surface area contributed by atoms with E-state index in [0.29, 0.717) is 0 Å². The topological polar surface area (TPSA) is 43.2 Å². The maximum absolute atomic E-state index is 5.88. The van der Waals surface area contributed by atoms with Crippen molar-refractivity contribution in [2.24, 2.45) is 0 Å². The van der Waals surface area contributed by atoms with Crippen LogP contribution in [0.15, 0.2) is 90.6 Å². The van der Waals surface area contributed by atoms with Crippen LogP contribution in [-0.4, -0.2) is 26.8 Å². The van der Waals surface area contributed by atoms with E-state index in [4.69, 9.17) is 9.84 Å². The van der Waals surface area contributed by atoms with Crippen LogP contribution in [-0.2, 0) is 11.3 Å². The summed E-state index contributed by atoms with van der Waals surface area (Å²) >= 11 is 0. The molecule has 0 fully saturated rings. The van der Waals surface area contributed by atoms with Gasteiger partial charge in [-0.15, -0.1) is 0 Å². The summed E-state index contributed by atoms with van der Waals surface area (Å²) in [5, 5.41) is 6.98. The van der Waals surface area contributed by atoms with E-state index in [1.807, 2.05) is 29.1 Å². The Morgan fingerprint density at radius 1 is 1.00 bits per heavy atom. The first-order chi connectivity index (χ1) is 17.6. The van der Waals surface area contributed by atoms with Gasteiger partial charge >= 0.3 is 0 Å². The minimum Gasteiger partial charge on any atom is -0.500 e. The molecule has 36 heavy (non-hydrogen) atoms. The number of aryl methyl sites for hydroxylation is 1. The van der Waals surface area contributed by atoms with Crippen LogP contribution in [0.2, 0.25) is 0 Å². The van der Waals surface area contributed by atoms with E-state index < -0.39 is 0 Å². The van der Waals surface area contributed by atoms with Gasteiger partial charge in [0.25, 0.3) is 0 Å². The molecule has 0 saturated carbocycles. The number of ether oxygens (including phenoxy) is 1. The molecule has 4 aromatic rings. The summed E-state index contributed by atoms with van der Waals surface area (Å²) < 4.78 is 7.85. The number of hydrogen-bond acceptors (Lipinski definition) is 4. The molecule has 1 aliphatic carbocycles. The van der Waals surface area contributed by atoms with E-state index in [1.54, 1.807) is 13.3 Å². The van der Waals surface area contributed by atoms with Crippen LogP contribution in [0, 0.1) is 6.92 Å². The zero-order valence-electron chi connectivity index (χ0n) is 20.6. The second-order valence-corrected chi connectivity index (χ2v) is 9.23. The fourth-order valence-corrected chi connectivity index (χ4v) is 5.10. The van der Waals surface area contributed by atoms with Gasteiger partial charge in [0.2, 0.25) is 0 Å². The smallest absolute Gasteiger partial charge is 0.108 e. The number of methoxy groups -OCH3 is 1. The highest BCUT2D eigenvalue weighted by atomic mass is 16.5. The van der Waals surface area contributed by atoms with Crippen molar-refractivity contribution in [2.45, 2.75) is 26.3 Å². The summed E-state index contributed by atoms with van der Waals surface area (Å²) in [4.78, 5) is 6.56. The van der Waals surface area contributed by atoms with Gasteiger partial charge in [-0.05, 0) is 47.7 Å². The molecular weight excluding hydrogens is 444 g/mol. The van der Waals surface area contributed by atoms with Gasteiger partial charge < -0.3 is 9.64 Å². The Balaban J connectivity index is 1.44. The fourth-order valence-electron chi connectivity index (χ4n) is 5.10. The monoisotopic (exact) mass is 472 g/mol. The number of aromatic nitrogens is 3.